The number of hydrogen-bond acceptors (Lipinski definition) is 5. The fourth-order valence-corrected chi connectivity index (χ4v) is 3.92. The maximum absolute atomic E-state index is 4.69. The van der Waals surface area contributed by atoms with Gasteiger partial charge in [0.2, 0.25) is 0 Å². The van der Waals surface area contributed by atoms with E-state index in [0.717, 1.165) is 37.5 Å². The molecule has 1 atom stereocenters. The molecule has 3 heterocycles. The minimum atomic E-state index is 0.635. The fourth-order valence-electron chi connectivity index (χ4n) is 3.92. The van der Waals surface area contributed by atoms with Crippen LogP contribution in [0, 0.1) is 0 Å². The predicted octanol–water partition coefficient (Wildman–Crippen LogP) is 1.90. The normalized spacial score (nSPS) is 22.1. The summed E-state index contributed by atoms with van der Waals surface area (Å²) in [6, 6.07) is 0.635. The third kappa shape index (κ3) is 2.35. The molecular formula is C16H24N6. The highest BCUT2D eigenvalue weighted by molar-refractivity contribution is 5.53. The van der Waals surface area contributed by atoms with Crippen molar-refractivity contribution in [1.82, 2.24) is 24.5 Å². The van der Waals surface area contributed by atoms with Gasteiger partial charge in [-0.2, -0.15) is 14.6 Å². The van der Waals surface area contributed by atoms with E-state index in [4.69, 9.17) is 0 Å². The summed E-state index contributed by atoms with van der Waals surface area (Å²) < 4.78 is 1.88. The number of fused-ring (bicyclic) bond motifs is 2. The molecule has 0 unspecified atom stereocenters. The van der Waals surface area contributed by atoms with E-state index in [9.17, 15) is 0 Å². The molecule has 0 amide bonds. The van der Waals surface area contributed by atoms with Crippen LogP contribution in [0.3, 0.4) is 0 Å². The maximum Gasteiger partial charge on any atom is 0.254 e. The molecular weight excluding hydrogens is 276 g/mol. The fraction of sp³-hybridized carbons (Fsp3) is 0.688. The van der Waals surface area contributed by atoms with E-state index in [-0.39, 0.29) is 0 Å². The van der Waals surface area contributed by atoms with Gasteiger partial charge in [0.15, 0.2) is 0 Å². The number of likely N-dealkylation sites (tertiary alicyclic amines) is 1. The number of rotatable bonds is 4. The van der Waals surface area contributed by atoms with Crippen LogP contribution in [0.2, 0.25) is 0 Å². The lowest BCUT2D eigenvalue weighted by molar-refractivity contribution is 0.277. The van der Waals surface area contributed by atoms with Crippen molar-refractivity contribution in [3.8, 4) is 0 Å². The van der Waals surface area contributed by atoms with Crippen LogP contribution in [0.25, 0.3) is 5.78 Å². The van der Waals surface area contributed by atoms with E-state index in [1.807, 2.05) is 4.52 Å². The summed E-state index contributed by atoms with van der Waals surface area (Å²) in [7, 11) is 0. The molecule has 1 saturated heterocycles. The topological polar surface area (TPSA) is 58.3 Å². The Morgan fingerprint density at radius 2 is 2.18 bits per heavy atom. The number of nitrogens with one attached hydrogen (secondary N) is 1. The molecule has 0 aromatic carbocycles. The van der Waals surface area contributed by atoms with E-state index in [2.05, 4.69) is 32.2 Å². The molecule has 2 aliphatic rings. The first-order valence-electron chi connectivity index (χ1n) is 8.56. The van der Waals surface area contributed by atoms with Gasteiger partial charge in [-0.3, -0.25) is 4.90 Å². The van der Waals surface area contributed by atoms with Crippen LogP contribution < -0.4 is 5.32 Å². The van der Waals surface area contributed by atoms with Gasteiger partial charge in [0, 0.05) is 18.2 Å². The molecule has 1 aliphatic heterocycles. The first-order chi connectivity index (χ1) is 10.9. The highest BCUT2D eigenvalue weighted by Gasteiger charge is 2.24. The Bertz CT molecular complexity index is 664. The molecule has 2 aromatic rings. The van der Waals surface area contributed by atoms with Gasteiger partial charge < -0.3 is 5.32 Å². The molecule has 0 spiro atoms. The Balaban J connectivity index is 1.63. The summed E-state index contributed by atoms with van der Waals surface area (Å²) in [5, 5.41) is 8.07. The molecule has 6 nitrogen and oxygen atoms in total. The SMILES string of the molecule is CCN1CCC[C@H]1CNc1c2c(nc3ncnn13)CCCC2. The van der Waals surface area contributed by atoms with Crippen LogP contribution in [0.5, 0.6) is 0 Å². The number of hydrogen-bond donors (Lipinski definition) is 1. The van der Waals surface area contributed by atoms with Gasteiger partial charge in [-0.1, -0.05) is 6.92 Å². The van der Waals surface area contributed by atoms with Gasteiger partial charge in [-0.15, -0.1) is 0 Å². The Hall–Kier alpha value is -1.69. The molecule has 1 fully saturated rings. The minimum Gasteiger partial charge on any atom is -0.368 e. The van der Waals surface area contributed by atoms with Crippen LogP contribution in [0.15, 0.2) is 6.33 Å². The number of aryl methyl sites for hydroxylation is 1. The van der Waals surface area contributed by atoms with E-state index in [1.54, 1.807) is 6.33 Å². The number of anilines is 1. The average Bonchev–Trinajstić information content (AvgIpc) is 3.19. The largest absolute Gasteiger partial charge is 0.368 e. The number of nitrogens with zero attached hydrogens (tertiary/aromatic N) is 5. The van der Waals surface area contributed by atoms with Crippen molar-refractivity contribution in [3.05, 3.63) is 17.6 Å². The van der Waals surface area contributed by atoms with Crippen LogP contribution >= 0.6 is 0 Å². The second kappa shape index (κ2) is 5.83. The van der Waals surface area contributed by atoms with Crippen LogP contribution in [0.1, 0.15) is 43.9 Å². The Morgan fingerprint density at radius 1 is 1.27 bits per heavy atom. The second-order valence-corrected chi connectivity index (χ2v) is 6.37. The van der Waals surface area contributed by atoms with Crippen molar-refractivity contribution in [2.24, 2.45) is 0 Å². The van der Waals surface area contributed by atoms with Gasteiger partial charge >= 0.3 is 0 Å². The van der Waals surface area contributed by atoms with E-state index in [1.165, 1.54) is 43.5 Å². The van der Waals surface area contributed by atoms with Gasteiger partial charge in [0.05, 0.1) is 5.69 Å². The van der Waals surface area contributed by atoms with Crippen molar-refractivity contribution in [1.29, 1.82) is 0 Å². The zero-order valence-electron chi connectivity index (χ0n) is 13.3. The van der Waals surface area contributed by atoms with E-state index >= 15 is 0 Å². The number of aromatic nitrogens is 4. The zero-order chi connectivity index (χ0) is 14.9. The molecule has 1 aliphatic carbocycles. The first kappa shape index (κ1) is 13.9. The third-order valence-corrected chi connectivity index (χ3v) is 5.11. The van der Waals surface area contributed by atoms with Crippen molar-refractivity contribution < 1.29 is 0 Å². The first-order valence-corrected chi connectivity index (χ1v) is 8.56. The summed E-state index contributed by atoms with van der Waals surface area (Å²) >= 11 is 0. The summed E-state index contributed by atoms with van der Waals surface area (Å²) in [6.07, 6.45) is 8.85. The van der Waals surface area contributed by atoms with Crippen molar-refractivity contribution in [2.75, 3.05) is 25.0 Å². The predicted molar refractivity (Wildman–Crippen MR) is 86.2 cm³/mol. The van der Waals surface area contributed by atoms with Crippen LogP contribution in [-0.4, -0.2) is 50.2 Å². The zero-order valence-corrected chi connectivity index (χ0v) is 13.3. The highest BCUT2D eigenvalue weighted by Crippen LogP contribution is 2.27. The van der Waals surface area contributed by atoms with Gasteiger partial charge in [-0.25, -0.2) is 4.98 Å². The average molecular weight is 300 g/mol. The monoisotopic (exact) mass is 300 g/mol. The third-order valence-electron chi connectivity index (χ3n) is 5.11. The Kier molecular flexibility index (Phi) is 3.70. The lowest BCUT2D eigenvalue weighted by atomic mass is 9.96. The summed E-state index contributed by atoms with van der Waals surface area (Å²) in [5.41, 5.74) is 2.57. The summed E-state index contributed by atoms with van der Waals surface area (Å²) in [6.45, 7) is 5.61. The molecule has 1 N–H and O–H groups in total. The minimum absolute atomic E-state index is 0.635. The van der Waals surface area contributed by atoms with Gasteiger partial charge in [0.1, 0.15) is 12.1 Å². The molecule has 6 heteroatoms. The lowest BCUT2D eigenvalue weighted by Crippen LogP contribution is -2.35. The molecule has 4 rings (SSSR count). The lowest BCUT2D eigenvalue weighted by Gasteiger charge is -2.25. The van der Waals surface area contributed by atoms with Crippen LogP contribution in [-0.2, 0) is 12.8 Å². The molecule has 118 valence electrons. The quantitative estimate of drug-likeness (QED) is 0.934. The van der Waals surface area contributed by atoms with Gasteiger partial charge in [-0.05, 0) is 51.6 Å². The Morgan fingerprint density at radius 3 is 3.09 bits per heavy atom. The molecule has 0 bridgehead atoms. The van der Waals surface area contributed by atoms with E-state index < -0.39 is 0 Å². The molecule has 0 radical (unpaired) electrons. The van der Waals surface area contributed by atoms with Crippen molar-refractivity contribution >= 4 is 11.6 Å². The van der Waals surface area contributed by atoms with Crippen LogP contribution in [0.4, 0.5) is 5.82 Å². The summed E-state index contributed by atoms with van der Waals surface area (Å²) in [4.78, 5) is 11.5. The smallest absolute Gasteiger partial charge is 0.254 e. The standard InChI is InChI=1S/C16H24N6/c1-2-21-9-5-6-12(21)10-17-15-13-7-3-4-8-14(13)20-16-18-11-19-22(15)16/h11-12,17H,2-10H2,1H3/t12-/m0/s1. The summed E-state index contributed by atoms with van der Waals surface area (Å²) in [5.74, 6) is 1.85. The number of likely N-dealkylation sites (N-methyl/N-ethyl adjacent to an activating group) is 1. The van der Waals surface area contributed by atoms with Crippen molar-refractivity contribution in [2.45, 2.75) is 51.5 Å². The molecule has 0 saturated carbocycles. The highest BCUT2D eigenvalue weighted by atomic mass is 15.4. The Labute approximate surface area is 130 Å². The molecule has 2 aromatic heterocycles. The second-order valence-electron chi connectivity index (χ2n) is 6.37. The van der Waals surface area contributed by atoms with Gasteiger partial charge in [0.25, 0.3) is 5.78 Å². The van der Waals surface area contributed by atoms with Crippen molar-refractivity contribution in [3.63, 3.8) is 0 Å². The maximum atomic E-state index is 4.69. The van der Waals surface area contributed by atoms with E-state index in [0.29, 0.717) is 6.04 Å². The molecule has 22 heavy (non-hydrogen) atoms.